The fourth-order valence-electron chi connectivity index (χ4n) is 3.47. The molecule has 0 radical (unpaired) electrons. The largest absolute Gasteiger partial charge is 0.379 e. The number of aromatic nitrogens is 3. The van der Waals surface area contributed by atoms with Crippen LogP contribution in [0.5, 0.6) is 0 Å². The monoisotopic (exact) mass is 384 g/mol. The van der Waals surface area contributed by atoms with Crippen LogP contribution in [0.15, 0.2) is 43.1 Å². The van der Waals surface area contributed by atoms with Crippen LogP contribution in [0, 0.1) is 6.92 Å². The Hall–Kier alpha value is -2.55. The molecule has 28 heavy (non-hydrogen) atoms. The number of hydrogen-bond donors (Lipinski definition) is 1. The lowest BCUT2D eigenvalue weighted by atomic mass is 9.99. The Morgan fingerprint density at radius 1 is 1.39 bits per heavy atom. The molecule has 8 heteroatoms. The van der Waals surface area contributed by atoms with Crippen molar-refractivity contribution >= 4 is 5.91 Å². The molecule has 2 aliphatic rings. The van der Waals surface area contributed by atoms with Crippen molar-refractivity contribution in [1.82, 2.24) is 19.9 Å². The highest BCUT2D eigenvalue weighted by Gasteiger charge is 2.43. The van der Waals surface area contributed by atoms with Crippen LogP contribution < -0.4 is 0 Å². The molecule has 0 unspecified atom stereocenters. The highest BCUT2D eigenvalue weighted by molar-refractivity contribution is 5.87. The van der Waals surface area contributed by atoms with E-state index < -0.39 is 5.60 Å². The van der Waals surface area contributed by atoms with Crippen LogP contribution in [0.25, 0.3) is 0 Å². The maximum atomic E-state index is 12.1. The van der Waals surface area contributed by atoms with E-state index in [1.165, 1.54) is 11.6 Å². The maximum Gasteiger partial charge on any atom is 0.246 e. The minimum atomic E-state index is -1.08. The Bertz CT molecular complexity index is 859. The van der Waals surface area contributed by atoms with Gasteiger partial charge in [-0.3, -0.25) is 4.79 Å². The number of carbonyl (C=O) groups excluding carboxylic acids is 1. The van der Waals surface area contributed by atoms with Gasteiger partial charge in [0, 0.05) is 13.1 Å². The summed E-state index contributed by atoms with van der Waals surface area (Å²) in [4.78, 5) is 13.8. The summed E-state index contributed by atoms with van der Waals surface area (Å²) < 4.78 is 12.9. The molecular weight excluding hydrogens is 360 g/mol. The number of amides is 1. The molecule has 0 bridgehead atoms. The first kappa shape index (κ1) is 18.8. The van der Waals surface area contributed by atoms with Crippen LogP contribution in [0.1, 0.15) is 22.9 Å². The van der Waals surface area contributed by atoms with E-state index >= 15 is 0 Å². The Morgan fingerprint density at radius 3 is 2.79 bits per heavy atom. The molecule has 2 saturated heterocycles. The molecule has 1 N–H and O–H groups in total. The van der Waals surface area contributed by atoms with Crippen molar-refractivity contribution in [3.63, 3.8) is 0 Å². The van der Waals surface area contributed by atoms with Crippen LogP contribution in [0.3, 0.4) is 0 Å². The summed E-state index contributed by atoms with van der Waals surface area (Å²) in [5.41, 5.74) is 1.66. The number of aryl methyl sites for hydroxylation is 1. The maximum absolute atomic E-state index is 12.1. The third-order valence-corrected chi connectivity index (χ3v) is 5.32. The van der Waals surface area contributed by atoms with Gasteiger partial charge in [0.15, 0.2) is 5.60 Å². The lowest BCUT2D eigenvalue weighted by Gasteiger charge is -2.34. The van der Waals surface area contributed by atoms with Crippen molar-refractivity contribution in [3.8, 4) is 0 Å². The zero-order valence-corrected chi connectivity index (χ0v) is 15.8. The number of likely N-dealkylation sites (tertiary alicyclic amines) is 1. The first-order chi connectivity index (χ1) is 13.5. The van der Waals surface area contributed by atoms with Crippen molar-refractivity contribution in [1.29, 1.82) is 0 Å². The molecule has 4 rings (SSSR count). The highest BCUT2D eigenvalue weighted by atomic mass is 16.5. The Morgan fingerprint density at radius 2 is 2.14 bits per heavy atom. The number of ether oxygens (including phenoxy) is 2. The molecule has 1 amide bonds. The second-order valence-electron chi connectivity index (χ2n) is 7.46. The van der Waals surface area contributed by atoms with Crippen molar-refractivity contribution in [3.05, 3.63) is 59.9 Å². The summed E-state index contributed by atoms with van der Waals surface area (Å²) in [6, 6.07) is 7.96. The fraction of sp³-hybridized carbons (Fsp3) is 0.450. The molecule has 1 aromatic heterocycles. The molecule has 2 aliphatic heterocycles. The molecule has 2 fully saturated rings. The molecule has 0 spiro atoms. The smallest absolute Gasteiger partial charge is 0.246 e. The number of hydrogen-bond acceptors (Lipinski definition) is 6. The lowest BCUT2D eigenvalue weighted by Crippen LogP contribution is -2.46. The van der Waals surface area contributed by atoms with Gasteiger partial charge in [0.1, 0.15) is 5.69 Å². The third kappa shape index (κ3) is 3.58. The molecular formula is C20H24N4O4. The zero-order chi connectivity index (χ0) is 19.7. The standard InChI is InChI=1S/C20H24N4O4/c1-3-19(25)23-8-16(24-10-18(21-22-24)20(26)12-27-13-20)17(9-23)28-11-15-6-4-14(2)5-7-15/h3-7,10,16-17,26H,1,8-9,11-13H2,2H3/t16-,17-/m1/s1. The molecule has 1 aromatic carbocycles. The van der Waals surface area contributed by atoms with E-state index in [2.05, 4.69) is 16.9 Å². The van der Waals surface area contributed by atoms with Gasteiger partial charge in [0.25, 0.3) is 0 Å². The average molecular weight is 384 g/mol. The fourth-order valence-corrected chi connectivity index (χ4v) is 3.47. The Balaban J connectivity index is 1.51. The van der Waals surface area contributed by atoms with Gasteiger partial charge < -0.3 is 19.5 Å². The Labute approximate surface area is 163 Å². The quantitative estimate of drug-likeness (QED) is 0.746. The number of carbonyl (C=O) groups is 1. The molecule has 2 atom stereocenters. The van der Waals surface area contributed by atoms with Crippen molar-refractivity contribution in [2.75, 3.05) is 26.3 Å². The van der Waals surface area contributed by atoms with Gasteiger partial charge in [0.05, 0.1) is 38.2 Å². The number of aliphatic hydroxyl groups is 1. The second kappa shape index (κ2) is 7.46. The van der Waals surface area contributed by atoms with Gasteiger partial charge in [-0.05, 0) is 18.6 Å². The predicted octanol–water partition coefficient (Wildman–Crippen LogP) is 0.959. The van der Waals surface area contributed by atoms with Gasteiger partial charge in [-0.1, -0.05) is 41.6 Å². The van der Waals surface area contributed by atoms with E-state index in [9.17, 15) is 9.90 Å². The first-order valence-electron chi connectivity index (χ1n) is 9.29. The van der Waals surface area contributed by atoms with Crippen LogP contribution in [-0.2, 0) is 26.5 Å². The van der Waals surface area contributed by atoms with Crippen molar-refractivity contribution in [2.24, 2.45) is 0 Å². The van der Waals surface area contributed by atoms with Crippen LogP contribution in [-0.4, -0.2) is 63.3 Å². The van der Waals surface area contributed by atoms with Gasteiger partial charge in [-0.15, -0.1) is 5.10 Å². The highest BCUT2D eigenvalue weighted by Crippen LogP contribution is 2.30. The number of rotatable bonds is 6. The Kier molecular flexibility index (Phi) is 5.01. The molecule has 0 aliphatic carbocycles. The summed E-state index contributed by atoms with van der Waals surface area (Å²) >= 11 is 0. The second-order valence-corrected chi connectivity index (χ2v) is 7.46. The summed E-state index contributed by atoms with van der Waals surface area (Å²) in [7, 11) is 0. The lowest BCUT2D eigenvalue weighted by molar-refractivity contribution is -0.186. The molecule has 8 nitrogen and oxygen atoms in total. The van der Waals surface area contributed by atoms with Gasteiger partial charge in [-0.25, -0.2) is 4.68 Å². The summed E-state index contributed by atoms with van der Waals surface area (Å²) in [5, 5.41) is 18.7. The van der Waals surface area contributed by atoms with Crippen LogP contribution >= 0.6 is 0 Å². The van der Waals surface area contributed by atoms with E-state index in [1.54, 1.807) is 15.8 Å². The molecule has 0 saturated carbocycles. The normalized spacial score (nSPS) is 23.4. The van der Waals surface area contributed by atoms with E-state index in [-0.39, 0.29) is 31.3 Å². The van der Waals surface area contributed by atoms with E-state index in [0.29, 0.717) is 25.4 Å². The van der Waals surface area contributed by atoms with Crippen molar-refractivity contribution < 1.29 is 19.4 Å². The van der Waals surface area contributed by atoms with Crippen LogP contribution in [0.4, 0.5) is 0 Å². The molecule has 148 valence electrons. The number of nitrogens with zero attached hydrogens (tertiary/aromatic N) is 4. The third-order valence-electron chi connectivity index (χ3n) is 5.32. The minimum Gasteiger partial charge on any atom is -0.379 e. The van der Waals surface area contributed by atoms with Crippen LogP contribution in [0.2, 0.25) is 0 Å². The minimum absolute atomic E-state index is 0.141. The van der Waals surface area contributed by atoms with Gasteiger partial charge in [0.2, 0.25) is 5.91 Å². The zero-order valence-electron chi connectivity index (χ0n) is 15.8. The van der Waals surface area contributed by atoms with E-state index in [0.717, 1.165) is 5.56 Å². The summed E-state index contributed by atoms with van der Waals surface area (Å²) in [6.07, 6.45) is 2.78. The topological polar surface area (TPSA) is 89.7 Å². The summed E-state index contributed by atoms with van der Waals surface area (Å²) in [5.74, 6) is -0.141. The predicted molar refractivity (Wildman–Crippen MR) is 100 cm³/mol. The van der Waals surface area contributed by atoms with Gasteiger partial charge in [-0.2, -0.15) is 0 Å². The van der Waals surface area contributed by atoms with E-state index in [1.807, 2.05) is 31.2 Å². The molecule has 2 aromatic rings. The summed E-state index contributed by atoms with van der Waals surface area (Å²) in [6.45, 7) is 7.37. The van der Waals surface area contributed by atoms with Crippen molar-refractivity contribution in [2.45, 2.75) is 31.3 Å². The SMILES string of the molecule is C=CC(=O)N1C[C@@H](n2cc(C3(O)COC3)nn2)[C@H](OCc2ccc(C)cc2)C1. The number of benzene rings is 1. The average Bonchev–Trinajstić information content (AvgIpc) is 3.32. The van der Waals surface area contributed by atoms with Gasteiger partial charge >= 0.3 is 0 Å². The van der Waals surface area contributed by atoms with E-state index in [4.69, 9.17) is 9.47 Å². The first-order valence-corrected chi connectivity index (χ1v) is 9.29. The molecule has 3 heterocycles.